The van der Waals surface area contributed by atoms with Gasteiger partial charge in [0.25, 0.3) is 5.56 Å². The van der Waals surface area contributed by atoms with Gasteiger partial charge in [-0.1, -0.05) is 41.4 Å². The maximum absolute atomic E-state index is 12.1. The normalized spacial score (nSPS) is 11.5. The summed E-state index contributed by atoms with van der Waals surface area (Å²) in [7, 11) is -3.36. The van der Waals surface area contributed by atoms with E-state index in [2.05, 4.69) is 5.10 Å². The van der Waals surface area contributed by atoms with E-state index in [0.717, 1.165) is 4.68 Å². The Morgan fingerprint density at radius 1 is 1.14 bits per heavy atom. The predicted molar refractivity (Wildman–Crippen MR) is 81.6 cm³/mol. The van der Waals surface area contributed by atoms with Gasteiger partial charge in [-0.05, 0) is 18.6 Å². The highest BCUT2D eigenvalue weighted by Crippen LogP contribution is 2.15. The van der Waals surface area contributed by atoms with Crippen molar-refractivity contribution < 1.29 is 8.42 Å². The van der Waals surface area contributed by atoms with Gasteiger partial charge in [0.05, 0.1) is 21.9 Å². The minimum atomic E-state index is -3.36. The summed E-state index contributed by atoms with van der Waals surface area (Å²) in [6, 6.07) is 8.16. The number of halogens is 2. The van der Waals surface area contributed by atoms with Gasteiger partial charge in [-0.25, -0.2) is 13.1 Å². The van der Waals surface area contributed by atoms with Crippen LogP contribution in [0.15, 0.2) is 46.2 Å². The van der Waals surface area contributed by atoms with Crippen molar-refractivity contribution in [1.82, 2.24) is 9.78 Å². The van der Waals surface area contributed by atoms with Crippen LogP contribution in [-0.4, -0.2) is 24.0 Å². The Hall–Kier alpha value is -1.37. The summed E-state index contributed by atoms with van der Waals surface area (Å²) in [5, 5.41) is 3.79. The van der Waals surface area contributed by atoms with Gasteiger partial charge in [0.15, 0.2) is 9.84 Å². The van der Waals surface area contributed by atoms with Crippen LogP contribution in [0.3, 0.4) is 0 Å². The zero-order valence-corrected chi connectivity index (χ0v) is 13.2. The van der Waals surface area contributed by atoms with E-state index in [1.165, 1.54) is 6.20 Å². The first-order chi connectivity index (χ1) is 9.92. The molecule has 0 spiro atoms. The number of nitrogens with zero attached hydrogens (tertiary/aromatic N) is 2. The van der Waals surface area contributed by atoms with Crippen LogP contribution >= 0.6 is 23.2 Å². The molecule has 1 heterocycles. The number of rotatable bonds is 5. The quantitative estimate of drug-likeness (QED) is 0.833. The van der Waals surface area contributed by atoms with Crippen LogP contribution in [0.5, 0.6) is 0 Å². The van der Waals surface area contributed by atoms with Gasteiger partial charge in [-0.15, -0.1) is 0 Å². The summed E-state index contributed by atoms with van der Waals surface area (Å²) in [5.41, 5.74) is -0.527. The first kappa shape index (κ1) is 16.0. The molecule has 0 aliphatic rings. The molecule has 0 amide bonds. The Balaban J connectivity index is 2.06. The van der Waals surface area contributed by atoms with Gasteiger partial charge in [-0.2, -0.15) is 5.10 Å². The topological polar surface area (TPSA) is 69.0 Å². The van der Waals surface area contributed by atoms with Crippen LogP contribution in [0, 0.1) is 0 Å². The molecule has 2 aromatic rings. The summed E-state index contributed by atoms with van der Waals surface area (Å²) in [5.74, 6) is -0.0780. The van der Waals surface area contributed by atoms with E-state index in [9.17, 15) is 13.2 Å². The van der Waals surface area contributed by atoms with Crippen molar-refractivity contribution in [3.05, 3.63) is 56.9 Å². The summed E-state index contributed by atoms with van der Waals surface area (Å²) in [6.07, 6.45) is 1.51. The molecule has 0 atom stereocenters. The molecule has 0 fully saturated rings. The summed E-state index contributed by atoms with van der Waals surface area (Å²) >= 11 is 11.4. The summed E-state index contributed by atoms with van der Waals surface area (Å²) < 4.78 is 25.3. The first-order valence-electron chi connectivity index (χ1n) is 6.11. The van der Waals surface area contributed by atoms with Gasteiger partial charge in [0.2, 0.25) is 0 Å². The maximum atomic E-state index is 12.1. The zero-order valence-electron chi connectivity index (χ0n) is 10.9. The lowest BCUT2D eigenvalue weighted by atomic mass is 10.4. The summed E-state index contributed by atoms with van der Waals surface area (Å²) in [6.45, 7) is 0.155. The molecule has 2 rings (SSSR count). The molecule has 0 aliphatic carbocycles. The molecule has 5 nitrogen and oxygen atoms in total. The van der Waals surface area contributed by atoms with E-state index in [0.29, 0.717) is 0 Å². The molecule has 0 aliphatic heterocycles. The number of sulfone groups is 1. The molecule has 8 heteroatoms. The third-order valence-electron chi connectivity index (χ3n) is 2.83. The molecule has 0 radical (unpaired) electrons. The highest BCUT2D eigenvalue weighted by Gasteiger charge is 2.14. The minimum absolute atomic E-state index is 0.0780. The van der Waals surface area contributed by atoms with E-state index in [4.69, 9.17) is 23.2 Å². The number of hydrogen-bond donors (Lipinski definition) is 0. The van der Waals surface area contributed by atoms with Crippen molar-refractivity contribution >= 4 is 33.0 Å². The molecule has 0 unspecified atom stereocenters. The van der Waals surface area contributed by atoms with Crippen LogP contribution < -0.4 is 5.56 Å². The van der Waals surface area contributed by atoms with Crippen LogP contribution in [0.1, 0.15) is 6.42 Å². The van der Waals surface area contributed by atoms with Gasteiger partial charge < -0.3 is 0 Å². The number of aromatic nitrogens is 2. The van der Waals surface area contributed by atoms with Crippen LogP contribution in [0.25, 0.3) is 0 Å². The molecule has 0 N–H and O–H groups in total. The van der Waals surface area contributed by atoms with Crippen molar-refractivity contribution in [2.45, 2.75) is 17.9 Å². The molecule has 1 aromatic carbocycles. The molecular weight excluding hydrogens is 335 g/mol. The largest absolute Gasteiger partial charge is 0.287 e. The fourth-order valence-electron chi connectivity index (χ4n) is 1.75. The molecule has 0 bridgehead atoms. The highest BCUT2D eigenvalue weighted by atomic mass is 35.5. The van der Waals surface area contributed by atoms with E-state index >= 15 is 0 Å². The van der Waals surface area contributed by atoms with Crippen molar-refractivity contribution in [3.63, 3.8) is 0 Å². The molecule has 0 saturated carbocycles. The summed E-state index contributed by atoms with van der Waals surface area (Å²) in [4.78, 5) is 12.0. The highest BCUT2D eigenvalue weighted by molar-refractivity contribution is 7.91. The standard InChI is InChI=1S/C13H12Cl2N2O3S/c14-11-9-16-17(13(18)12(11)15)7-4-8-21(19,20)10-5-2-1-3-6-10/h1-3,5-6,9H,4,7-8H2. The van der Waals surface area contributed by atoms with Crippen LogP contribution in [0.4, 0.5) is 0 Å². The van der Waals surface area contributed by atoms with Crippen LogP contribution in [0.2, 0.25) is 10.0 Å². The smallest absolute Gasteiger partial charge is 0.266 e. The van der Waals surface area contributed by atoms with E-state index < -0.39 is 15.4 Å². The number of hydrogen-bond acceptors (Lipinski definition) is 4. The second-order valence-electron chi connectivity index (χ2n) is 4.32. The van der Waals surface area contributed by atoms with Crippen LogP contribution in [-0.2, 0) is 16.4 Å². The number of benzene rings is 1. The molecule has 0 saturated heterocycles. The Kier molecular flexibility index (Phi) is 5.03. The Morgan fingerprint density at radius 2 is 1.81 bits per heavy atom. The van der Waals surface area contributed by atoms with E-state index in [1.807, 2.05) is 0 Å². The van der Waals surface area contributed by atoms with Crippen molar-refractivity contribution in [2.24, 2.45) is 0 Å². The fraction of sp³-hybridized carbons (Fsp3) is 0.231. The lowest BCUT2D eigenvalue weighted by Gasteiger charge is -2.06. The van der Waals surface area contributed by atoms with Gasteiger partial charge in [-0.3, -0.25) is 4.79 Å². The molecule has 21 heavy (non-hydrogen) atoms. The fourth-order valence-corrected chi connectivity index (χ4v) is 3.34. The molecule has 112 valence electrons. The molecule has 1 aromatic heterocycles. The van der Waals surface area contributed by atoms with E-state index in [1.54, 1.807) is 30.3 Å². The van der Waals surface area contributed by atoms with Crippen molar-refractivity contribution in [2.75, 3.05) is 5.75 Å². The average molecular weight is 347 g/mol. The second-order valence-corrected chi connectivity index (χ2v) is 7.21. The lowest BCUT2D eigenvalue weighted by Crippen LogP contribution is -2.24. The Labute approximate surface area is 132 Å². The second kappa shape index (κ2) is 6.60. The first-order valence-corrected chi connectivity index (χ1v) is 8.51. The third-order valence-corrected chi connectivity index (χ3v) is 5.39. The van der Waals surface area contributed by atoms with Gasteiger partial charge in [0, 0.05) is 6.54 Å². The predicted octanol–water partition coefficient (Wildman–Crippen LogP) is 2.41. The zero-order chi connectivity index (χ0) is 15.5. The third kappa shape index (κ3) is 3.84. The van der Waals surface area contributed by atoms with Gasteiger partial charge >= 0.3 is 0 Å². The Bertz CT molecular complexity index is 789. The van der Waals surface area contributed by atoms with Gasteiger partial charge in [0.1, 0.15) is 5.02 Å². The van der Waals surface area contributed by atoms with E-state index in [-0.39, 0.29) is 33.7 Å². The monoisotopic (exact) mass is 346 g/mol. The minimum Gasteiger partial charge on any atom is -0.266 e. The Morgan fingerprint density at radius 3 is 2.48 bits per heavy atom. The lowest BCUT2D eigenvalue weighted by molar-refractivity contribution is 0.554. The SMILES string of the molecule is O=c1c(Cl)c(Cl)cnn1CCCS(=O)(=O)c1ccccc1. The maximum Gasteiger partial charge on any atom is 0.287 e. The molecular formula is C13H12Cl2N2O3S. The van der Waals surface area contributed by atoms with Crippen molar-refractivity contribution in [1.29, 1.82) is 0 Å². The van der Waals surface area contributed by atoms with Crippen molar-refractivity contribution in [3.8, 4) is 0 Å². The number of aryl methyl sites for hydroxylation is 1. The average Bonchev–Trinajstić information content (AvgIpc) is 2.48.